The first-order chi connectivity index (χ1) is 9.92. The highest BCUT2D eigenvalue weighted by Gasteiger charge is 2.18. The van der Waals surface area contributed by atoms with E-state index in [0.717, 1.165) is 0 Å². The van der Waals surface area contributed by atoms with Gasteiger partial charge in [-0.1, -0.05) is 29.3 Å². The topological polar surface area (TPSA) is 52.4 Å². The number of benzene rings is 2. The zero-order valence-electron chi connectivity index (χ0n) is 10.3. The molecular formula is C13H7BrCl3NO3. The number of alkyl halides is 1. The molecule has 0 amide bonds. The summed E-state index contributed by atoms with van der Waals surface area (Å²) in [6, 6.07) is 7.51. The monoisotopic (exact) mass is 409 g/mol. The predicted molar refractivity (Wildman–Crippen MR) is 86.9 cm³/mol. The van der Waals surface area contributed by atoms with E-state index in [-0.39, 0.29) is 28.1 Å². The van der Waals surface area contributed by atoms with E-state index in [1.165, 1.54) is 18.2 Å². The number of rotatable bonds is 4. The maximum atomic E-state index is 11.1. The van der Waals surface area contributed by atoms with Gasteiger partial charge in [0.1, 0.15) is 5.75 Å². The van der Waals surface area contributed by atoms with Crippen molar-refractivity contribution in [2.75, 3.05) is 0 Å². The van der Waals surface area contributed by atoms with E-state index < -0.39 is 4.92 Å². The maximum Gasteiger partial charge on any atom is 0.311 e. The molecule has 0 aliphatic rings. The zero-order chi connectivity index (χ0) is 15.6. The fraction of sp³-hybridized carbons (Fsp3) is 0.0769. The minimum absolute atomic E-state index is 0.0640. The van der Waals surface area contributed by atoms with E-state index in [4.69, 9.17) is 39.5 Å². The summed E-state index contributed by atoms with van der Waals surface area (Å²) in [5.74, 6) is 0.465. The molecule has 0 saturated carbocycles. The molecule has 0 N–H and O–H groups in total. The van der Waals surface area contributed by atoms with Crippen LogP contribution >= 0.6 is 50.7 Å². The molecule has 2 aromatic rings. The van der Waals surface area contributed by atoms with Gasteiger partial charge in [-0.2, -0.15) is 0 Å². The van der Waals surface area contributed by atoms with E-state index in [2.05, 4.69) is 15.9 Å². The van der Waals surface area contributed by atoms with Crippen LogP contribution in [0.3, 0.4) is 0 Å². The number of hydrogen-bond acceptors (Lipinski definition) is 3. The molecule has 0 unspecified atom stereocenters. The van der Waals surface area contributed by atoms with Gasteiger partial charge >= 0.3 is 5.69 Å². The molecule has 0 atom stereocenters. The lowest BCUT2D eigenvalue weighted by molar-refractivity contribution is -0.385. The van der Waals surface area contributed by atoms with Crippen LogP contribution in [-0.2, 0) is 5.88 Å². The molecule has 0 fully saturated rings. The Morgan fingerprint density at radius 2 is 1.86 bits per heavy atom. The lowest BCUT2D eigenvalue weighted by Crippen LogP contribution is -1.95. The maximum absolute atomic E-state index is 11.1. The Morgan fingerprint density at radius 1 is 1.14 bits per heavy atom. The van der Waals surface area contributed by atoms with Crippen LogP contribution in [0.1, 0.15) is 5.56 Å². The summed E-state index contributed by atoms with van der Waals surface area (Å²) in [4.78, 5) is 10.6. The minimum atomic E-state index is -0.542. The fourth-order valence-electron chi connectivity index (χ4n) is 1.58. The number of halogens is 4. The molecule has 0 saturated heterocycles. The van der Waals surface area contributed by atoms with Crippen molar-refractivity contribution in [3.8, 4) is 11.5 Å². The highest BCUT2D eigenvalue weighted by atomic mass is 79.9. The number of nitro benzene ring substituents is 1. The summed E-state index contributed by atoms with van der Waals surface area (Å²) in [7, 11) is 0. The highest BCUT2D eigenvalue weighted by Crippen LogP contribution is 2.39. The second-order valence-corrected chi connectivity index (χ2v) is 5.93. The molecule has 21 heavy (non-hydrogen) atoms. The number of ether oxygens (including phenoxy) is 1. The van der Waals surface area contributed by atoms with Gasteiger partial charge in [0.05, 0.1) is 15.0 Å². The summed E-state index contributed by atoms with van der Waals surface area (Å²) in [6.07, 6.45) is 0. The van der Waals surface area contributed by atoms with Crippen molar-refractivity contribution >= 4 is 56.4 Å². The molecule has 2 rings (SSSR count). The normalized spacial score (nSPS) is 10.5. The predicted octanol–water partition coefficient (Wildman–Crippen LogP) is 6.20. The molecule has 0 bridgehead atoms. The lowest BCUT2D eigenvalue weighted by Gasteiger charge is -2.10. The molecule has 0 heterocycles. The van der Waals surface area contributed by atoms with Crippen LogP contribution in [0, 0.1) is 10.1 Å². The van der Waals surface area contributed by atoms with E-state index in [0.29, 0.717) is 15.1 Å². The van der Waals surface area contributed by atoms with Crippen molar-refractivity contribution < 1.29 is 9.66 Å². The second kappa shape index (κ2) is 6.83. The quantitative estimate of drug-likeness (QED) is 0.261. The zero-order valence-corrected chi connectivity index (χ0v) is 14.1. The van der Waals surface area contributed by atoms with Crippen molar-refractivity contribution in [2.24, 2.45) is 0 Å². The van der Waals surface area contributed by atoms with Gasteiger partial charge in [-0.15, -0.1) is 11.6 Å². The average Bonchev–Trinajstić information content (AvgIpc) is 2.44. The summed E-state index contributed by atoms with van der Waals surface area (Å²) in [5.41, 5.74) is 0.430. The number of nitrogens with zero attached hydrogens (tertiary/aromatic N) is 1. The largest absolute Gasteiger partial charge is 0.449 e. The third kappa shape index (κ3) is 3.80. The van der Waals surface area contributed by atoms with Crippen molar-refractivity contribution in [1.82, 2.24) is 0 Å². The van der Waals surface area contributed by atoms with Crippen LogP contribution in [0.5, 0.6) is 11.5 Å². The molecule has 8 heteroatoms. The molecule has 0 aliphatic carbocycles. The van der Waals surface area contributed by atoms with Gasteiger partial charge in [0.25, 0.3) is 0 Å². The molecule has 0 radical (unpaired) electrons. The standard InChI is InChI=1S/C13H7BrCl3NO3/c14-8-4-10(17)13(5-9(8)16)21-12-2-1-7(6-15)3-11(12)18(19)20/h1-5H,6H2. The van der Waals surface area contributed by atoms with Gasteiger partial charge in [-0.25, -0.2) is 0 Å². The summed E-state index contributed by atoms with van der Waals surface area (Å²) in [6.45, 7) is 0. The molecule has 4 nitrogen and oxygen atoms in total. The Hall–Kier alpha value is -1.01. The minimum Gasteiger partial charge on any atom is -0.449 e. The van der Waals surface area contributed by atoms with Crippen LogP contribution in [0.25, 0.3) is 0 Å². The number of nitro groups is 1. The molecular weight excluding hydrogens is 404 g/mol. The summed E-state index contributed by atoms with van der Waals surface area (Å²) >= 11 is 20.9. The second-order valence-electron chi connectivity index (χ2n) is 3.99. The van der Waals surface area contributed by atoms with Crippen LogP contribution in [0.2, 0.25) is 10.0 Å². The lowest BCUT2D eigenvalue weighted by atomic mass is 10.2. The van der Waals surface area contributed by atoms with Crippen LogP contribution in [-0.4, -0.2) is 4.92 Å². The fourth-order valence-corrected chi connectivity index (χ4v) is 2.57. The summed E-state index contributed by atoms with van der Waals surface area (Å²) in [5, 5.41) is 11.8. The third-order valence-electron chi connectivity index (χ3n) is 2.57. The van der Waals surface area contributed by atoms with Gasteiger partial charge < -0.3 is 4.74 Å². The molecule has 0 aliphatic heterocycles. The molecule has 2 aromatic carbocycles. The first-order valence-corrected chi connectivity index (χ1v) is 7.66. The van der Waals surface area contributed by atoms with Crippen LogP contribution in [0.15, 0.2) is 34.8 Å². The van der Waals surface area contributed by atoms with Gasteiger partial charge in [0.15, 0.2) is 0 Å². The van der Waals surface area contributed by atoms with E-state index >= 15 is 0 Å². The van der Waals surface area contributed by atoms with Gasteiger partial charge in [-0.3, -0.25) is 10.1 Å². The Balaban J connectivity index is 2.44. The van der Waals surface area contributed by atoms with Crippen molar-refractivity contribution in [2.45, 2.75) is 5.88 Å². The van der Waals surface area contributed by atoms with Gasteiger partial charge in [0, 0.05) is 22.5 Å². The van der Waals surface area contributed by atoms with Crippen LogP contribution in [0.4, 0.5) is 5.69 Å². The number of hydrogen-bond donors (Lipinski definition) is 0. The molecule has 0 spiro atoms. The smallest absolute Gasteiger partial charge is 0.311 e. The van der Waals surface area contributed by atoms with E-state index in [9.17, 15) is 10.1 Å². The SMILES string of the molecule is O=[N+]([O-])c1cc(CCl)ccc1Oc1cc(Cl)c(Br)cc1Cl. The van der Waals surface area contributed by atoms with Crippen molar-refractivity contribution in [1.29, 1.82) is 0 Å². The van der Waals surface area contributed by atoms with Gasteiger partial charge in [0.2, 0.25) is 5.75 Å². The van der Waals surface area contributed by atoms with Crippen molar-refractivity contribution in [3.63, 3.8) is 0 Å². The Kier molecular flexibility index (Phi) is 5.32. The van der Waals surface area contributed by atoms with E-state index in [1.54, 1.807) is 12.1 Å². The Labute approximate surface area is 143 Å². The van der Waals surface area contributed by atoms with Crippen LogP contribution < -0.4 is 4.74 Å². The Morgan fingerprint density at radius 3 is 2.48 bits per heavy atom. The third-order valence-corrected chi connectivity index (χ3v) is 4.37. The first kappa shape index (κ1) is 16.4. The molecule has 0 aromatic heterocycles. The first-order valence-electron chi connectivity index (χ1n) is 5.58. The van der Waals surface area contributed by atoms with E-state index in [1.807, 2.05) is 0 Å². The van der Waals surface area contributed by atoms with Crippen molar-refractivity contribution in [3.05, 3.63) is 60.5 Å². The highest BCUT2D eigenvalue weighted by molar-refractivity contribution is 9.10. The summed E-state index contributed by atoms with van der Waals surface area (Å²) < 4.78 is 6.12. The molecule has 110 valence electrons. The average molecular weight is 411 g/mol. The van der Waals surface area contributed by atoms with Gasteiger partial charge in [-0.05, 0) is 33.6 Å². The Bertz CT molecular complexity index is 709.